The van der Waals surface area contributed by atoms with Gasteiger partial charge in [-0.15, -0.1) is 0 Å². The largest absolute Gasteiger partial charge is 0.312 e. The van der Waals surface area contributed by atoms with Gasteiger partial charge in [-0.1, -0.05) is 23.7 Å². The molecule has 118 valence electrons. The Kier molecular flexibility index (Phi) is 3.68. The Morgan fingerprint density at radius 3 is 2.43 bits per heavy atom. The highest BCUT2D eigenvalue weighted by molar-refractivity contribution is 7.92. The van der Waals surface area contributed by atoms with Crippen molar-refractivity contribution in [1.82, 2.24) is 0 Å². The summed E-state index contributed by atoms with van der Waals surface area (Å²) < 4.78 is 39.0. The van der Waals surface area contributed by atoms with Gasteiger partial charge >= 0.3 is 0 Å². The summed E-state index contributed by atoms with van der Waals surface area (Å²) in [6, 6.07) is 13.0. The molecule has 3 rings (SSSR count). The zero-order chi connectivity index (χ0) is 16.8. The van der Waals surface area contributed by atoms with E-state index in [9.17, 15) is 18.1 Å². The molecule has 0 aliphatic heterocycles. The minimum Gasteiger partial charge on any atom is -0.312 e. The molecule has 1 fully saturated rings. The maximum Gasteiger partial charge on any atom is 0.184 e. The van der Waals surface area contributed by atoms with Crippen molar-refractivity contribution in [3.8, 4) is 6.07 Å². The second kappa shape index (κ2) is 5.31. The van der Waals surface area contributed by atoms with Gasteiger partial charge in [-0.25, -0.2) is 12.8 Å². The van der Waals surface area contributed by atoms with Gasteiger partial charge < -0.3 is 5.73 Å². The molecule has 7 heteroatoms. The molecule has 3 atom stereocenters. The van der Waals surface area contributed by atoms with Crippen LogP contribution in [0.25, 0.3) is 0 Å². The Morgan fingerprint density at radius 1 is 1.22 bits per heavy atom. The van der Waals surface area contributed by atoms with Gasteiger partial charge in [-0.2, -0.15) is 5.26 Å². The number of nitrogens with two attached hydrogens (primary N) is 1. The molecule has 2 aromatic rings. The van der Waals surface area contributed by atoms with E-state index in [1.54, 1.807) is 6.07 Å². The first-order valence-electron chi connectivity index (χ1n) is 6.76. The SMILES string of the molecule is N#C[C@@]1(N)[C@@H](c2cccc(F)c2)[C@@H]1S(=O)(=O)c1ccc(Cl)cc1. The molecule has 23 heavy (non-hydrogen) atoms. The van der Waals surface area contributed by atoms with E-state index in [1.165, 1.54) is 42.5 Å². The van der Waals surface area contributed by atoms with Gasteiger partial charge in [0.2, 0.25) is 0 Å². The van der Waals surface area contributed by atoms with Gasteiger partial charge in [0.15, 0.2) is 9.84 Å². The molecule has 1 aliphatic rings. The summed E-state index contributed by atoms with van der Waals surface area (Å²) in [6.45, 7) is 0. The summed E-state index contributed by atoms with van der Waals surface area (Å²) in [4.78, 5) is 0.0379. The van der Waals surface area contributed by atoms with Crippen molar-refractivity contribution in [3.05, 3.63) is 64.9 Å². The van der Waals surface area contributed by atoms with Crippen molar-refractivity contribution in [2.75, 3.05) is 0 Å². The van der Waals surface area contributed by atoms with Crippen LogP contribution in [0, 0.1) is 17.1 Å². The molecule has 0 bridgehead atoms. The number of hydrogen-bond acceptors (Lipinski definition) is 4. The molecule has 0 amide bonds. The lowest BCUT2D eigenvalue weighted by molar-refractivity contribution is 0.591. The monoisotopic (exact) mass is 350 g/mol. The molecule has 0 spiro atoms. The molecule has 0 saturated heterocycles. The van der Waals surface area contributed by atoms with E-state index in [2.05, 4.69) is 0 Å². The van der Waals surface area contributed by atoms with Crippen molar-refractivity contribution in [2.24, 2.45) is 5.73 Å². The molecule has 0 aromatic heterocycles. The van der Waals surface area contributed by atoms with Crippen LogP contribution in [0.5, 0.6) is 0 Å². The third-order valence-corrected chi connectivity index (χ3v) is 6.57. The third kappa shape index (κ3) is 2.51. The maximum absolute atomic E-state index is 13.4. The highest BCUT2D eigenvalue weighted by Crippen LogP contribution is 2.55. The van der Waals surface area contributed by atoms with Crippen molar-refractivity contribution >= 4 is 21.4 Å². The highest BCUT2D eigenvalue weighted by Gasteiger charge is 2.70. The maximum atomic E-state index is 13.4. The molecule has 1 saturated carbocycles. The summed E-state index contributed by atoms with van der Waals surface area (Å²) >= 11 is 5.77. The summed E-state index contributed by atoms with van der Waals surface area (Å²) in [5.74, 6) is -1.28. The fourth-order valence-corrected chi connectivity index (χ4v) is 5.17. The Hall–Kier alpha value is -1.94. The fraction of sp³-hybridized carbons (Fsp3) is 0.188. The minimum atomic E-state index is -3.84. The van der Waals surface area contributed by atoms with Gasteiger partial charge in [-0.3, -0.25) is 0 Å². The van der Waals surface area contributed by atoms with Gasteiger partial charge in [0.1, 0.15) is 16.6 Å². The van der Waals surface area contributed by atoms with Crippen LogP contribution < -0.4 is 5.73 Å². The van der Waals surface area contributed by atoms with Crippen LogP contribution >= 0.6 is 11.6 Å². The van der Waals surface area contributed by atoms with Crippen molar-refractivity contribution < 1.29 is 12.8 Å². The minimum absolute atomic E-state index is 0.0379. The zero-order valence-corrected chi connectivity index (χ0v) is 13.4. The van der Waals surface area contributed by atoms with Gasteiger partial charge in [0.05, 0.1) is 11.0 Å². The van der Waals surface area contributed by atoms with E-state index in [4.69, 9.17) is 17.3 Å². The summed E-state index contributed by atoms with van der Waals surface area (Å²) in [7, 11) is -3.84. The molecule has 2 aromatic carbocycles. The van der Waals surface area contributed by atoms with Crippen LogP contribution in [0.2, 0.25) is 5.02 Å². The number of nitrogens with zero attached hydrogens (tertiary/aromatic N) is 1. The van der Waals surface area contributed by atoms with Crippen LogP contribution in [0.15, 0.2) is 53.4 Å². The Morgan fingerprint density at radius 2 is 1.87 bits per heavy atom. The van der Waals surface area contributed by atoms with E-state index < -0.39 is 32.4 Å². The van der Waals surface area contributed by atoms with Gasteiger partial charge in [0.25, 0.3) is 0 Å². The molecule has 4 nitrogen and oxygen atoms in total. The van der Waals surface area contributed by atoms with E-state index in [1.807, 2.05) is 6.07 Å². The molecule has 2 N–H and O–H groups in total. The number of sulfone groups is 1. The Bertz CT molecular complexity index is 908. The first kappa shape index (κ1) is 15.9. The molecule has 0 unspecified atom stereocenters. The Labute approximate surface area is 138 Å². The quantitative estimate of drug-likeness (QED) is 0.922. The fourth-order valence-electron chi connectivity index (χ4n) is 2.86. The topological polar surface area (TPSA) is 83.9 Å². The van der Waals surface area contributed by atoms with Crippen LogP contribution in [-0.2, 0) is 9.84 Å². The summed E-state index contributed by atoms with van der Waals surface area (Å²) in [5, 5.41) is 8.62. The predicted octanol–water partition coefficient (Wildman–Crippen LogP) is 2.64. The van der Waals surface area contributed by atoms with Gasteiger partial charge in [-0.05, 0) is 42.0 Å². The molecular formula is C16H12ClFN2O2S. The van der Waals surface area contributed by atoms with E-state index in [0.29, 0.717) is 10.6 Å². The first-order chi connectivity index (χ1) is 10.8. The zero-order valence-electron chi connectivity index (χ0n) is 11.8. The van der Waals surface area contributed by atoms with E-state index in [-0.39, 0.29) is 4.90 Å². The molecule has 0 radical (unpaired) electrons. The molecule has 0 heterocycles. The second-order valence-electron chi connectivity index (χ2n) is 5.50. The lowest BCUT2D eigenvalue weighted by Gasteiger charge is -2.04. The third-order valence-electron chi connectivity index (χ3n) is 4.06. The molecule has 1 aliphatic carbocycles. The standard InChI is InChI=1S/C16H12ClFN2O2S/c17-11-4-6-13(7-5-11)23(21,22)15-14(16(15,20)9-19)10-2-1-3-12(18)8-10/h1-8,14-15H,20H2/t14-,15-,16+/m0/s1. The van der Waals surface area contributed by atoms with E-state index in [0.717, 1.165) is 0 Å². The van der Waals surface area contributed by atoms with Crippen LogP contribution in [0.3, 0.4) is 0 Å². The average Bonchev–Trinajstić information content (AvgIpc) is 3.15. The lowest BCUT2D eigenvalue weighted by atomic mass is 10.1. The number of nitriles is 1. The molecular weight excluding hydrogens is 339 g/mol. The second-order valence-corrected chi connectivity index (χ2v) is 8.00. The highest BCUT2D eigenvalue weighted by atomic mass is 35.5. The summed E-state index contributed by atoms with van der Waals surface area (Å²) in [6.07, 6.45) is 0. The van der Waals surface area contributed by atoms with Crippen LogP contribution in [0.1, 0.15) is 11.5 Å². The number of halogens is 2. The van der Waals surface area contributed by atoms with Crippen LogP contribution in [0.4, 0.5) is 4.39 Å². The lowest BCUT2D eigenvalue weighted by Crippen LogP contribution is -2.29. The number of benzene rings is 2. The van der Waals surface area contributed by atoms with Crippen molar-refractivity contribution in [1.29, 1.82) is 5.26 Å². The summed E-state index contributed by atoms with van der Waals surface area (Å²) in [5.41, 5.74) is 4.80. The predicted molar refractivity (Wildman–Crippen MR) is 84.1 cm³/mol. The normalized spacial score (nSPS) is 26.5. The van der Waals surface area contributed by atoms with Gasteiger partial charge in [0, 0.05) is 10.9 Å². The number of hydrogen-bond donors (Lipinski definition) is 1. The van der Waals surface area contributed by atoms with Crippen molar-refractivity contribution in [2.45, 2.75) is 21.6 Å². The average molecular weight is 351 g/mol. The number of rotatable bonds is 3. The first-order valence-corrected chi connectivity index (χ1v) is 8.68. The van der Waals surface area contributed by atoms with E-state index >= 15 is 0 Å². The smallest absolute Gasteiger partial charge is 0.184 e. The Balaban J connectivity index is 2.05. The van der Waals surface area contributed by atoms with Crippen molar-refractivity contribution in [3.63, 3.8) is 0 Å². The van der Waals surface area contributed by atoms with Crippen LogP contribution in [-0.4, -0.2) is 19.2 Å².